The van der Waals surface area contributed by atoms with Gasteiger partial charge < -0.3 is 20.1 Å². The Hall–Kier alpha value is -1.84. The molecule has 0 saturated carbocycles. The van der Waals surface area contributed by atoms with E-state index < -0.39 is 0 Å². The molecule has 3 rings (SSSR count). The summed E-state index contributed by atoms with van der Waals surface area (Å²) in [6, 6.07) is 16.7. The Morgan fingerprint density at radius 3 is 2.55 bits per heavy atom. The van der Waals surface area contributed by atoms with Gasteiger partial charge in [0.25, 0.3) is 0 Å². The molecule has 0 unspecified atom stereocenters. The number of rotatable bonds is 9. The highest BCUT2D eigenvalue weighted by Crippen LogP contribution is 2.17. The van der Waals surface area contributed by atoms with Gasteiger partial charge in [-0.25, -0.2) is 4.99 Å². The van der Waals surface area contributed by atoms with Crippen LogP contribution < -0.4 is 15.4 Å². The molecule has 1 aliphatic heterocycles. The molecule has 2 N–H and O–H groups in total. The first-order valence-corrected chi connectivity index (χ1v) is 10.8. The van der Waals surface area contributed by atoms with Gasteiger partial charge in [0.1, 0.15) is 12.4 Å². The largest absolute Gasteiger partial charge is 0.492 e. The van der Waals surface area contributed by atoms with Crippen LogP contribution in [0.4, 0.5) is 0 Å². The molecular formula is C24H35IN4O2. The van der Waals surface area contributed by atoms with Crippen molar-refractivity contribution in [2.75, 3.05) is 46.0 Å². The van der Waals surface area contributed by atoms with Gasteiger partial charge in [-0.05, 0) is 25.5 Å². The molecule has 6 nitrogen and oxygen atoms in total. The van der Waals surface area contributed by atoms with E-state index in [-0.39, 0.29) is 24.0 Å². The Balaban J connectivity index is 0.00000341. The second kappa shape index (κ2) is 14.3. The van der Waals surface area contributed by atoms with Gasteiger partial charge in [0, 0.05) is 38.3 Å². The molecule has 1 heterocycles. The first-order valence-electron chi connectivity index (χ1n) is 10.8. The number of nitrogens with zero attached hydrogens (tertiary/aromatic N) is 2. The van der Waals surface area contributed by atoms with E-state index in [0.717, 1.165) is 56.7 Å². The van der Waals surface area contributed by atoms with Crippen molar-refractivity contribution >= 4 is 29.9 Å². The van der Waals surface area contributed by atoms with Crippen LogP contribution in [0.25, 0.3) is 0 Å². The standard InChI is InChI=1S/C24H34N4O2.HI/c1-3-25-24(26-18-21-10-8-20(2)9-11-21)27-19-22-6-4-5-7-23(22)30-17-14-28-12-15-29-16-13-28;/h4-11H,3,12-19H2,1-2H3,(H2,25,26,27);1H. The zero-order valence-electron chi connectivity index (χ0n) is 18.6. The van der Waals surface area contributed by atoms with Crippen LogP contribution >= 0.6 is 24.0 Å². The molecule has 7 heteroatoms. The van der Waals surface area contributed by atoms with Crippen molar-refractivity contribution in [3.05, 3.63) is 65.2 Å². The summed E-state index contributed by atoms with van der Waals surface area (Å²) in [6.07, 6.45) is 0. The van der Waals surface area contributed by atoms with Crippen LogP contribution in [0.3, 0.4) is 0 Å². The monoisotopic (exact) mass is 538 g/mol. The van der Waals surface area contributed by atoms with Crippen molar-refractivity contribution in [2.24, 2.45) is 4.99 Å². The van der Waals surface area contributed by atoms with E-state index >= 15 is 0 Å². The number of guanidine groups is 1. The van der Waals surface area contributed by atoms with Crippen LogP contribution in [0.15, 0.2) is 53.5 Å². The molecule has 2 aromatic rings. The number of ether oxygens (including phenoxy) is 2. The third kappa shape index (κ3) is 9.04. The molecule has 0 aliphatic carbocycles. The minimum Gasteiger partial charge on any atom is -0.492 e. The summed E-state index contributed by atoms with van der Waals surface area (Å²) in [6.45, 7) is 11.5. The fourth-order valence-corrected chi connectivity index (χ4v) is 3.28. The normalized spacial score (nSPS) is 14.6. The van der Waals surface area contributed by atoms with Crippen LogP contribution in [-0.4, -0.2) is 56.9 Å². The van der Waals surface area contributed by atoms with Gasteiger partial charge in [-0.15, -0.1) is 24.0 Å². The van der Waals surface area contributed by atoms with Crippen LogP contribution in [0.5, 0.6) is 5.75 Å². The molecule has 1 fully saturated rings. The van der Waals surface area contributed by atoms with E-state index in [4.69, 9.17) is 14.5 Å². The van der Waals surface area contributed by atoms with Crippen molar-refractivity contribution in [3.8, 4) is 5.75 Å². The minimum absolute atomic E-state index is 0. The Kier molecular flexibility index (Phi) is 11.7. The molecule has 0 atom stereocenters. The zero-order valence-corrected chi connectivity index (χ0v) is 20.9. The number of aliphatic imine (C=N–C) groups is 1. The molecule has 1 aliphatic rings. The fourth-order valence-electron chi connectivity index (χ4n) is 3.28. The number of halogens is 1. The van der Waals surface area contributed by atoms with Gasteiger partial charge in [-0.3, -0.25) is 4.90 Å². The number of hydrogen-bond donors (Lipinski definition) is 2. The summed E-state index contributed by atoms with van der Waals surface area (Å²) in [4.78, 5) is 7.10. The minimum atomic E-state index is 0. The topological polar surface area (TPSA) is 58.1 Å². The maximum Gasteiger partial charge on any atom is 0.191 e. The number of aryl methyl sites for hydroxylation is 1. The highest BCUT2D eigenvalue weighted by molar-refractivity contribution is 14.0. The van der Waals surface area contributed by atoms with E-state index in [1.165, 1.54) is 11.1 Å². The average molecular weight is 538 g/mol. The summed E-state index contributed by atoms with van der Waals surface area (Å²) in [7, 11) is 0. The predicted molar refractivity (Wildman–Crippen MR) is 137 cm³/mol. The number of morpholine rings is 1. The van der Waals surface area contributed by atoms with Crippen molar-refractivity contribution in [2.45, 2.75) is 26.9 Å². The SMILES string of the molecule is CCNC(=NCc1ccc(C)cc1)NCc1ccccc1OCCN1CCOCC1.I. The van der Waals surface area contributed by atoms with Crippen molar-refractivity contribution in [3.63, 3.8) is 0 Å². The zero-order chi connectivity index (χ0) is 21.0. The first kappa shape index (κ1) is 25.4. The highest BCUT2D eigenvalue weighted by atomic mass is 127. The van der Waals surface area contributed by atoms with Gasteiger partial charge in [0.05, 0.1) is 19.8 Å². The van der Waals surface area contributed by atoms with Crippen LogP contribution in [-0.2, 0) is 17.8 Å². The molecular weight excluding hydrogens is 503 g/mol. The second-order valence-corrected chi connectivity index (χ2v) is 7.44. The molecule has 0 amide bonds. The van der Waals surface area contributed by atoms with Gasteiger partial charge in [-0.2, -0.15) is 0 Å². The van der Waals surface area contributed by atoms with Gasteiger partial charge in [0.15, 0.2) is 5.96 Å². The smallest absolute Gasteiger partial charge is 0.191 e. The van der Waals surface area contributed by atoms with Gasteiger partial charge in [0.2, 0.25) is 0 Å². The molecule has 0 radical (unpaired) electrons. The maximum atomic E-state index is 6.09. The van der Waals surface area contributed by atoms with E-state index in [1.54, 1.807) is 0 Å². The van der Waals surface area contributed by atoms with E-state index in [2.05, 4.69) is 59.7 Å². The molecule has 2 aromatic carbocycles. The lowest BCUT2D eigenvalue weighted by Crippen LogP contribution is -2.38. The van der Waals surface area contributed by atoms with Gasteiger partial charge in [-0.1, -0.05) is 48.0 Å². The van der Waals surface area contributed by atoms with Crippen molar-refractivity contribution in [1.82, 2.24) is 15.5 Å². The lowest BCUT2D eigenvalue weighted by molar-refractivity contribution is 0.0322. The van der Waals surface area contributed by atoms with Crippen LogP contribution in [0.2, 0.25) is 0 Å². The van der Waals surface area contributed by atoms with Gasteiger partial charge >= 0.3 is 0 Å². The molecule has 170 valence electrons. The summed E-state index contributed by atoms with van der Waals surface area (Å²) < 4.78 is 11.5. The first-order chi connectivity index (χ1) is 14.7. The van der Waals surface area contributed by atoms with E-state index in [1.807, 2.05) is 18.2 Å². The van der Waals surface area contributed by atoms with Crippen molar-refractivity contribution < 1.29 is 9.47 Å². The summed E-state index contributed by atoms with van der Waals surface area (Å²) in [5.74, 6) is 1.73. The number of benzene rings is 2. The molecule has 0 spiro atoms. The fraction of sp³-hybridized carbons (Fsp3) is 0.458. The van der Waals surface area contributed by atoms with Crippen LogP contribution in [0, 0.1) is 6.92 Å². The second-order valence-electron chi connectivity index (χ2n) is 7.44. The quantitative estimate of drug-likeness (QED) is 0.291. The average Bonchev–Trinajstić information content (AvgIpc) is 2.78. The Labute approximate surface area is 203 Å². The molecule has 0 aromatic heterocycles. The number of hydrogen-bond acceptors (Lipinski definition) is 4. The lowest BCUT2D eigenvalue weighted by Gasteiger charge is -2.26. The third-order valence-electron chi connectivity index (χ3n) is 5.07. The number of para-hydroxylation sites is 1. The third-order valence-corrected chi connectivity index (χ3v) is 5.07. The Morgan fingerprint density at radius 1 is 1.06 bits per heavy atom. The predicted octanol–water partition coefficient (Wildman–Crippen LogP) is 3.58. The molecule has 1 saturated heterocycles. The van der Waals surface area contributed by atoms with E-state index in [0.29, 0.717) is 19.7 Å². The molecule has 0 bridgehead atoms. The lowest BCUT2D eigenvalue weighted by atomic mass is 10.1. The van der Waals surface area contributed by atoms with Crippen LogP contribution in [0.1, 0.15) is 23.6 Å². The van der Waals surface area contributed by atoms with E-state index in [9.17, 15) is 0 Å². The van der Waals surface area contributed by atoms with Crippen molar-refractivity contribution in [1.29, 1.82) is 0 Å². The summed E-state index contributed by atoms with van der Waals surface area (Å²) in [5.41, 5.74) is 3.59. The Morgan fingerprint density at radius 2 is 1.81 bits per heavy atom. The summed E-state index contributed by atoms with van der Waals surface area (Å²) in [5, 5.41) is 6.75. The number of nitrogens with one attached hydrogen (secondary N) is 2. The summed E-state index contributed by atoms with van der Waals surface area (Å²) >= 11 is 0. The Bertz CT molecular complexity index is 792. The molecule has 31 heavy (non-hydrogen) atoms. The maximum absolute atomic E-state index is 6.09. The highest BCUT2D eigenvalue weighted by Gasteiger charge is 2.10.